The lowest BCUT2D eigenvalue weighted by molar-refractivity contribution is 0.589. The molecule has 0 spiro atoms. The minimum absolute atomic E-state index is 0.224. The van der Waals surface area contributed by atoms with Gasteiger partial charge in [0.2, 0.25) is 0 Å². The summed E-state index contributed by atoms with van der Waals surface area (Å²) in [6.45, 7) is 6.79. The van der Waals surface area contributed by atoms with Crippen LogP contribution in [0.25, 0.3) is 0 Å². The number of rotatable bonds is 1. The monoisotopic (exact) mass is 327 g/mol. The van der Waals surface area contributed by atoms with Gasteiger partial charge in [0.25, 0.3) is 0 Å². The summed E-state index contributed by atoms with van der Waals surface area (Å²) < 4.78 is 11.9. The van der Waals surface area contributed by atoms with Crippen molar-refractivity contribution in [1.29, 1.82) is 0 Å². The molecule has 0 amide bonds. The maximum atomic E-state index is 11.9. The number of hydrogen-bond acceptors (Lipinski definition) is 2. The van der Waals surface area contributed by atoms with E-state index >= 15 is 0 Å². The van der Waals surface area contributed by atoms with E-state index in [0.717, 1.165) is 11.5 Å². The van der Waals surface area contributed by atoms with Crippen molar-refractivity contribution in [3.8, 4) is 0 Å². The predicted octanol–water partition coefficient (Wildman–Crippen LogP) is 3.21. The molecule has 4 heteroatoms. The number of hydrogen-bond donors (Lipinski definition) is 0. The molecule has 2 fully saturated rings. The van der Waals surface area contributed by atoms with Crippen molar-refractivity contribution < 1.29 is 4.21 Å². The van der Waals surface area contributed by atoms with Crippen LogP contribution >= 0.6 is 11.8 Å². The van der Waals surface area contributed by atoms with Gasteiger partial charge < -0.3 is 0 Å². The Morgan fingerprint density at radius 3 is 2.15 bits per heavy atom. The highest BCUT2D eigenvalue weighted by Crippen LogP contribution is 2.37. The van der Waals surface area contributed by atoms with Gasteiger partial charge in [-0.25, -0.2) is 0 Å². The van der Waals surface area contributed by atoms with E-state index in [0.29, 0.717) is 21.4 Å². The fourth-order valence-corrected chi connectivity index (χ4v) is 11.0. The van der Waals surface area contributed by atoms with Gasteiger partial charge in [-0.3, -0.25) is 4.21 Å². The van der Waals surface area contributed by atoms with E-state index in [2.05, 4.69) is 56.8 Å². The first-order chi connectivity index (χ1) is 9.45. The normalized spacial score (nSPS) is 34.0. The van der Waals surface area contributed by atoms with E-state index in [1.807, 2.05) is 0 Å². The van der Waals surface area contributed by atoms with Crippen molar-refractivity contribution >= 4 is 33.5 Å². The van der Waals surface area contributed by atoms with Gasteiger partial charge in [0.1, 0.15) is 10.5 Å². The van der Waals surface area contributed by atoms with Crippen molar-refractivity contribution in [2.45, 2.75) is 41.6 Å². The van der Waals surface area contributed by atoms with Crippen molar-refractivity contribution in [2.24, 2.45) is 0 Å². The SMILES string of the molecule is CC(C)(C)c1ccc([S+]2C3CSCC2CS(=O)C3)cc1. The second-order valence-electron chi connectivity index (χ2n) is 6.70. The molecule has 2 unspecified atom stereocenters. The van der Waals surface area contributed by atoms with Crippen molar-refractivity contribution in [3.63, 3.8) is 0 Å². The average molecular weight is 328 g/mol. The van der Waals surface area contributed by atoms with Crippen LogP contribution in [0.1, 0.15) is 26.3 Å². The third-order valence-corrected chi connectivity index (χ3v) is 10.6. The molecule has 3 rings (SSSR count). The van der Waals surface area contributed by atoms with Crippen LogP contribution in [0, 0.1) is 0 Å². The highest BCUT2D eigenvalue weighted by atomic mass is 32.2. The van der Waals surface area contributed by atoms with Crippen LogP contribution in [0.3, 0.4) is 0 Å². The Bertz CT molecular complexity index is 487. The molecule has 0 radical (unpaired) electrons. The quantitative estimate of drug-likeness (QED) is 0.737. The van der Waals surface area contributed by atoms with E-state index in [1.165, 1.54) is 22.0 Å². The summed E-state index contributed by atoms with van der Waals surface area (Å²) in [5.74, 6) is 4.25. The van der Waals surface area contributed by atoms with Crippen molar-refractivity contribution in [1.82, 2.24) is 0 Å². The summed E-state index contributed by atoms with van der Waals surface area (Å²) in [5.41, 5.74) is 1.63. The summed E-state index contributed by atoms with van der Waals surface area (Å²) in [6, 6.07) is 9.29. The van der Waals surface area contributed by atoms with E-state index in [4.69, 9.17) is 0 Å². The first-order valence-corrected chi connectivity index (χ1v) is 11.2. The minimum atomic E-state index is -0.568. The van der Waals surface area contributed by atoms with Gasteiger partial charge in [-0.05, 0) is 23.1 Å². The fourth-order valence-electron chi connectivity index (χ4n) is 2.97. The summed E-state index contributed by atoms with van der Waals surface area (Å²) in [5, 5.41) is 1.29. The summed E-state index contributed by atoms with van der Waals surface area (Å²) in [6.07, 6.45) is 0. The number of thioether (sulfide) groups is 1. The standard InChI is InChI=1S/C16H23OS3/c1-16(2,3)12-4-6-13(7-5-12)20-14-8-18-9-15(20)11-19(17)10-14/h4-7,14-15H,8-11H2,1-3H3/q+1. The van der Waals surface area contributed by atoms with Crippen LogP contribution in [-0.4, -0.2) is 37.7 Å². The molecule has 2 aliphatic heterocycles. The minimum Gasteiger partial charge on any atom is -0.259 e. The Hall–Kier alpha value is 0.0700. The summed E-state index contributed by atoms with van der Waals surface area (Å²) >= 11 is 2.07. The molecule has 0 saturated carbocycles. The van der Waals surface area contributed by atoms with Gasteiger partial charge in [0, 0.05) is 33.2 Å². The lowest BCUT2D eigenvalue weighted by Gasteiger charge is -2.33. The zero-order valence-electron chi connectivity index (χ0n) is 12.4. The molecule has 2 atom stereocenters. The van der Waals surface area contributed by atoms with Crippen LogP contribution in [0.4, 0.5) is 0 Å². The van der Waals surface area contributed by atoms with Gasteiger partial charge in [0.15, 0.2) is 4.90 Å². The summed E-state index contributed by atoms with van der Waals surface area (Å²) in [7, 11) is -0.242. The molecule has 0 aliphatic carbocycles. The Labute approximate surface area is 132 Å². The Morgan fingerprint density at radius 2 is 1.65 bits per heavy atom. The molecule has 2 bridgehead atoms. The molecule has 1 nitrogen and oxygen atoms in total. The van der Waals surface area contributed by atoms with Crippen LogP contribution in [0.15, 0.2) is 29.2 Å². The van der Waals surface area contributed by atoms with Crippen molar-refractivity contribution in [2.75, 3.05) is 23.0 Å². The maximum absolute atomic E-state index is 11.9. The zero-order chi connectivity index (χ0) is 14.3. The molecule has 2 saturated heterocycles. The van der Waals surface area contributed by atoms with Gasteiger partial charge in [0.05, 0.1) is 11.5 Å². The van der Waals surface area contributed by atoms with Gasteiger partial charge in [-0.1, -0.05) is 32.9 Å². The first-order valence-electron chi connectivity index (χ1n) is 7.20. The Balaban J connectivity index is 1.87. The van der Waals surface area contributed by atoms with E-state index in [-0.39, 0.29) is 5.41 Å². The second kappa shape index (κ2) is 5.69. The Morgan fingerprint density at radius 1 is 1.10 bits per heavy atom. The van der Waals surface area contributed by atoms with Crippen LogP contribution in [-0.2, 0) is 27.1 Å². The highest BCUT2D eigenvalue weighted by molar-refractivity contribution is 8.07. The molecule has 0 N–H and O–H groups in total. The van der Waals surface area contributed by atoms with Gasteiger partial charge >= 0.3 is 0 Å². The first kappa shape index (κ1) is 15.0. The van der Waals surface area contributed by atoms with Crippen LogP contribution < -0.4 is 0 Å². The van der Waals surface area contributed by atoms with Crippen LogP contribution in [0.5, 0.6) is 0 Å². The van der Waals surface area contributed by atoms with Crippen molar-refractivity contribution in [3.05, 3.63) is 29.8 Å². The lowest BCUT2D eigenvalue weighted by Crippen LogP contribution is -2.50. The topological polar surface area (TPSA) is 17.1 Å². The lowest BCUT2D eigenvalue weighted by atomic mass is 9.87. The van der Waals surface area contributed by atoms with E-state index in [1.54, 1.807) is 0 Å². The zero-order valence-corrected chi connectivity index (χ0v) is 14.9. The predicted molar refractivity (Wildman–Crippen MR) is 93.6 cm³/mol. The Kier molecular flexibility index (Phi) is 4.27. The largest absolute Gasteiger partial charge is 0.259 e. The fraction of sp³-hybridized carbons (Fsp3) is 0.625. The molecular weight excluding hydrogens is 304 g/mol. The molecule has 2 heterocycles. The molecule has 2 aliphatic rings. The second-order valence-corrected chi connectivity index (χ2v) is 11.9. The summed E-state index contributed by atoms with van der Waals surface area (Å²) in [4.78, 5) is 1.50. The van der Waals surface area contributed by atoms with Gasteiger partial charge in [-0.2, -0.15) is 11.8 Å². The van der Waals surface area contributed by atoms with Crippen LogP contribution in [0.2, 0.25) is 0 Å². The third kappa shape index (κ3) is 2.97. The van der Waals surface area contributed by atoms with E-state index < -0.39 is 10.8 Å². The highest BCUT2D eigenvalue weighted by Gasteiger charge is 2.49. The molecule has 0 aromatic heterocycles. The molecule has 1 aromatic carbocycles. The van der Waals surface area contributed by atoms with Gasteiger partial charge in [-0.15, -0.1) is 0 Å². The molecular formula is C16H23OS3+. The molecule has 20 heavy (non-hydrogen) atoms. The van der Waals surface area contributed by atoms with E-state index in [9.17, 15) is 4.21 Å². The smallest absolute Gasteiger partial charge is 0.155 e. The number of benzene rings is 1. The molecule has 1 aromatic rings. The maximum Gasteiger partial charge on any atom is 0.155 e. The number of fused-ring (bicyclic) bond motifs is 2. The molecule has 110 valence electrons. The average Bonchev–Trinajstić information content (AvgIpc) is 2.37. The third-order valence-electron chi connectivity index (χ3n) is 4.06.